The van der Waals surface area contributed by atoms with Crippen molar-refractivity contribution in [2.75, 3.05) is 20.3 Å². The number of carbonyl (C=O) groups is 1. The van der Waals surface area contributed by atoms with Crippen LogP contribution in [0.5, 0.6) is 0 Å². The van der Waals surface area contributed by atoms with E-state index in [4.69, 9.17) is 4.74 Å². The van der Waals surface area contributed by atoms with E-state index in [1.54, 1.807) is 0 Å². The van der Waals surface area contributed by atoms with Crippen molar-refractivity contribution in [3.8, 4) is 0 Å². The molecule has 0 N–H and O–H groups in total. The number of hydrogen-bond acceptors (Lipinski definition) is 3. The minimum absolute atomic E-state index is 0.196. The highest BCUT2D eigenvalue weighted by Gasteiger charge is 2.32. The first kappa shape index (κ1) is 11.4. The fourth-order valence-electron chi connectivity index (χ4n) is 0.879. The SMILES string of the molecule is CCOCC(C)(CC)C(=O)OC. The van der Waals surface area contributed by atoms with E-state index in [0.29, 0.717) is 13.2 Å². The first-order chi connectivity index (χ1) is 5.60. The Morgan fingerprint density at radius 1 is 1.42 bits per heavy atom. The summed E-state index contributed by atoms with van der Waals surface area (Å²) in [5.41, 5.74) is -0.481. The largest absolute Gasteiger partial charge is 0.469 e. The summed E-state index contributed by atoms with van der Waals surface area (Å²) in [6.07, 6.45) is 0.736. The molecule has 0 aliphatic carbocycles. The van der Waals surface area contributed by atoms with Crippen LogP contribution in [0, 0.1) is 5.41 Å². The van der Waals surface area contributed by atoms with Crippen LogP contribution in [-0.2, 0) is 14.3 Å². The van der Waals surface area contributed by atoms with E-state index >= 15 is 0 Å². The lowest BCUT2D eigenvalue weighted by Gasteiger charge is -2.24. The van der Waals surface area contributed by atoms with Crippen LogP contribution in [-0.4, -0.2) is 26.3 Å². The normalized spacial score (nSPS) is 15.3. The molecular weight excluding hydrogens is 156 g/mol. The second-order valence-electron chi connectivity index (χ2n) is 3.04. The number of ether oxygens (including phenoxy) is 2. The first-order valence-corrected chi connectivity index (χ1v) is 4.27. The van der Waals surface area contributed by atoms with Gasteiger partial charge in [0.25, 0.3) is 0 Å². The minimum Gasteiger partial charge on any atom is -0.469 e. The molecule has 0 bridgehead atoms. The quantitative estimate of drug-likeness (QED) is 0.594. The van der Waals surface area contributed by atoms with E-state index in [2.05, 4.69) is 4.74 Å². The van der Waals surface area contributed by atoms with Gasteiger partial charge in [-0.2, -0.15) is 0 Å². The van der Waals surface area contributed by atoms with Gasteiger partial charge in [-0.05, 0) is 20.3 Å². The van der Waals surface area contributed by atoms with E-state index < -0.39 is 5.41 Å². The molecule has 0 radical (unpaired) electrons. The van der Waals surface area contributed by atoms with Crippen molar-refractivity contribution < 1.29 is 14.3 Å². The minimum atomic E-state index is -0.481. The predicted octanol–water partition coefficient (Wildman–Crippen LogP) is 1.61. The molecular formula is C9H18O3. The van der Waals surface area contributed by atoms with Crippen LogP contribution in [0.3, 0.4) is 0 Å². The highest BCUT2D eigenvalue weighted by atomic mass is 16.5. The van der Waals surface area contributed by atoms with Crippen LogP contribution < -0.4 is 0 Å². The van der Waals surface area contributed by atoms with Gasteiger partial charge >= 0.3 is 5.97 Å². The molecule has 0 amide bonds. The predicted molar refractivity (Wildman–Crippen MR) is 46.9 cm³/mol. The monoisotopic (exact) mass is 174 g/mol. The Balaban J connectivity index is 4.13. The lowest BCUT2D eigenvalue weighted by molar-refractivity contribution is -0.155. The molecule has 0 saturated carbocycles. The van der Waals surface area contributed by atoms with Gasteiger partial charge in [-0.15, -0.1) is 0 Å². The van der Waals surface area contributed by atoms with Crippen LogP contribution in [0.25, 0.3) is 0 Å². The third kappa shape index (κ3) is 2.81. The van der Waals surface area contributed by atoms with Crippen molar-refractivity contribution in [1.82, 2.24) is 0 Å². The summed E-state index contributed by atoms with van der Waals surface area (Å²) in [5, 5.41) is 0. The second kappa shape index (κ2) is 5.14. The van der Waals surface area contributed by atoms with Gasteiger partial charge < -0.3 is 9.47 Å². The van der Waals surface area contributed by atoms with Crippen molar-refractivity contribution >= 4 is 5.97 Å². The first-order valence-electron chi connectivity index (χ1n) is 4.27. The summed E-state index contributed by atoms with van der Waals surface area (Å²) in [5.74, 6) is -0.196. The maximum atomic E-state index is 11.3. The summed E-state index contributed by atoms with van der Waals surface area (Å²) < 4.78 is 9.90. The number of hydrogen-bond donors (Lipinski definition) is 0. The Kier molecular flexibility index (Phi) is 4.90. The summed E-state index contributed by atoms with van der Waals surface area (Å²) >= 11 is 0. The molecule has 12 heavy (non-hydrogen) atoms. The maximum Gasteiger partial charge on any atom is 0.313 e. The maximum absolute atomic E-state index is 11.3. The summed E-state index contributed by atoms with van der Waals surface area (Å²) in [7, 11) is 1.40. The molecule has 3 nitrogen and oxygen atoms in total. The molecule has 0 spiro atoms. The Labute approximate surface area is 74.0 Å². The molecule has 0 rings (SSSR count). The highest BCUT2D eigenvalue weighted by Crippen LogP contribution is 2.22. The fraction of sp³-hybridized carbons (Fsp3) is 0.889. The van der Waals surface area contributed by atoms with Crippen molar-refractivity contribution in [2.24, 2.45) is 5.41 Å². The van der Waals surface area contributed by atoms with Gasteiger partial charge in [-0.25, -0.2) is 0 Å². The Bertz CT molecular complexity index is 145. The third-order valence-corrected chi connectivity index (χ3v) is 2.08. The lowest BCUT2D eigenvalue weighted by Crippen LogP contribution is -2.33. The summed E-state index contributed by atoms with van der Waals surface area (Å²) in [4.78, 5) is 11.3. The topological polar surface area (TPSA) is 35.5 Å². The fourth-order valence-corrected chi connectivity index (χ4v) is 0.879. The number of rotatable bonds is 5. The van der Waals surface area contributed by atoms with E-state index in [9.17, 15) is 4.79 Å². The van der Waals surface area contributed by atoms with Crippen LogP contribution in [0.4, 0.5) is 0 Å². The average Bonchev–Trinajstić information content (AvgIpc) is 2.12. The van der Waals surface area contributed by atoms with E-state index in [1.807, 2.05) is 20.8 Å². The average molecular weight is 174 g/mol. The van der Waals surface area contributed by atoms with Crippen molar-refractivity contribution in [3.05, 3.63) is 0 Å². The zero-order valence-electron chi connectivity index (χ0n) is 8.35. The highest BCUT2D eigenvalue weighted by molar-refractivity contribution is 5.76. The molecule has 0 aliphatic rings. The third-order valence-electron chi connectivity index (χ3n) is 2.08. The van der Waals surface area contributed by atoms with E-state index in [0.717, 1.165) is 6.42 Å². The van der Waals surface area contributed by atoms with Gasteiger partial charge in [0.1, 0.15) is 0 Å². The van der Waals surface area contributed by atoms with Gasteiger partial charge in [0, 0.05) is 6.61 Å². The Morgan fingerprint density at radius 3 is 2.33 bits per heavy atom. The van der Waals surface area contributed by atoms with Gasteiger partial charge in [-0.3, -0.25) is 4.79 Å². The van der Waals surface area contributed by atoms with Crippen molar-refractivity contribution in [1.29, 1.82) is 0 Å². The molecule has 0 aromatic heterocycles. The van der Waals surface area contributed by atoms with Crippen LogP contribution >= 0.6 is 0 Å². The lowest BCUT2D eigenvalue weighted by atomic mass is 9.89. The molecule has 0 heterocycles. The van der Waals surface area contributed by atoms with Gasteiger partial charge in [0.2, 0.25) is 0 Å². The molecule has 0 aromatic rings. The van der Waals surface area contributed by atoms with Gasteiger partial charge in [0.05, 0.1) is 19.1 Å². The van der Waals surface area contributed by atoms with Gasteiger partial charge in [0.15, 0.2) is 0 Å². The van der Waals surface area contributed by atoms with Crippen molar-refractivity contribution in [2.45, 2.75) is 27.2 Å². The van der Waals surface area contributed by atoms with Gasteiger partial charge in [-0.1, -0.05) is 6.92 Å². The summed E-state index contributed by atoms with van der Waals surface area (Å²) in [6, 6.07) is 0. The molecule has 3 heteroatoms. The molecule has 72 valence electrons. The summed E-state index contributed by atoms with van der Waals surface area (Å²) in [6.45, 7) is 6.79. The number of esters is 1. The van der Waals surface area contributed by atoms with Crippen LogP contribution in [0.1, 0.15) is 27.2 Å². The molecule has 0 aromatic carbocycles. The number of methoxy groups -OCH3 is 1. The van der Waals surface area contributed by atoms with Crippen LogP contribution in [0.15, 0.2) is 0 Å². The smallest absolute Gasteiger partial charge is 0.313 e. The molecule has 0 saturated heterocycles. The van der Waals surface area contributed by atoms with Crippen molar-refractivity contribution in [3.63, 3.8) is 0 Å². The Hall–Kier alpha value is -0.570. The van der Waals surface area contributed by atoms with E-state index in [-0.39, 0.29) is 5.97 Å². The molecule has 1 unspecified atom stereocenters. The molecule has 1 atom stereocenters. The zero-order valence-corrected chi connectivity index (χ0v) is 8.35. The van der Waals surface area contributed by atoms with E-state index in [1.165, 1.54) is 7.11 Å². The standard InChI is InChI=1S/C9H18O3/c1-5-9(3,7-12-6-2)8(10)11-4/h5-7H2,1-4H3. The molecule has 0 aliphatic heterocycles. The Morgan fingerprint density at radius 2 is 2.00 bits per heavy atom. The second-order valence-corrected chi connectivity index (χ2v) is 3.04. The number of carbonyl (C=O) groups excluding carboxylic acids is 1. The van der Waals surface area contributed by atoms with Crippen LogP contribution in [0.2, 0.25) is 0 Å². The zero-order chi connectivity index (χ0) is 9.61. The molecule has 0 fully saturated rings.